The van der Waals surface area contributed by atoms with Gasteiger partial charge in [0.1, 0.15) is 5.82 Å². The van der Waals surface area contributed by atoms with Gasteiger partial charge in [0.2, 0.25) is 0 Å². The van der Waals surface area contributed by atoms with Crippen LogP contribution >= 0.6 is 22.6 Å². The Kier molecular flexibility index (Phi) is 7.37. The summed E-state index contributed by atoms with van der Waals surface area (Å²) in [5, 5.41) is 6.02. The molecule has 9 heteroatoms. The maximum absolute atomic E-state index is 14.9. The molecule has 40 heavy (non-hydrogen) atoms. The third kappa shape index (κ3) is 5.56. The largest absolute Gasteiger partial charge is 0.422 e. The summed E-state index contributed by atoms with van der Waals surface area (Å²) in [6, 6.07) is 11.8. The van der Waals surface area contributed by atoms with Gasteiger partial charge in [-0.05, 0) is 111 Å². The minimum atomic E-state index is -0.573. The van der Waals surface area contributed by atoms with Crippen LogP contribution in [0.25, 0.3) is 22.1 Å². The average molecular weight is 656 g/mol. The molecule has 2 heterocycles. The van der Waals surface area contributed by atoms with Gasteiger partial charge in [0.25, 0.3) is 5.56 Å². The number of rotatable bonds is 5. The Balaban J connectivity index is 1.74. The lowest BCUT2D eigenvalue weighted by atomic mass is 9.94. The molecular formula is C31H31FIN3O4. The molecule has 0 unspecified atom stereocenters. The Bertz CT molecular complexity index is 1780. The van der Waals surface area contributed by atoms with E-state index >= 15 is 0 Å². The molecule has 5 rings (SSSR count). The van der Waals surface area contributed by atoms with E-state index in [4.69, 9.17) is 4.42 Å². The first-order valence-electron chi connectivity index (χ1n) is 13.2. The van der Waals surface area contributed by atoms with Crippen molar-refractivity contribution in [1.29, 1.82) is 0 Å². The van der Waals surface area contributed by atoms with Crippen LogP contribution in [0.3, 0.4) is 0 Å². The zero-order valence-corrected chi connectivity index (χ0v) is 25.2. The number of nitrogens with one attached hydrogen (secondary N) is 2. The van der Waals surface area contributed by atoms with Gasteiger partial charge in [-0.25, -0.2) is 14.0 Å². The van der Waals surface area contributed by atoms with E-state index in [0.29, 0.717) is 33.6 Å². The minimum Gasteiger partial charge on any atom is -0.422 e. The Labute approximate surface area is 244 Å². The smallest absolute Gasteiger partial charge is 0.339 e. The van der Waals surface area contributed by atoms with Gasteiger partial charge in [-0.1, -0.05) is 18.2 Å². The number of aromatic nitrogens is 1. The van der Waals surface area contributed by atoms with E-state index in [-0.39, 0.29) is 40.6 Å². The van der Waals surface area contributed by atoms with Crippen LogP contribution in [0.2, 0.25) is 0 Å². The van der Waals surface area contributed by atoms with Crippen molar-refractivity contribution in [1.82, 2.24) is 9.88 Å². The van der Waals surface area contributed by atoms with Crippen LogP contribution in [0.15, 0.2) is 56.5 Å². The molecule has 7 nitrogen and oxygen atoms in total. The first kappa shape index (κ1) is 28.1. The van der Waals surface area contributed by atoms with E-state index in [1.54, 1.807) is 41.8 Å². The van der Waals surface area contributed by atoms with Crippen LogP contribution in [-0.4, -0.2) is 16.1 Å². The van der Waals surface area contributed by atoms with Crippen LogP contribution in [0.1, 0.15) is 62.0 Å². The second-order valence-corrected chi connectivity index (χ2v) is 12.6. The molecule has 4 aromatic rings. The highest BCUT2D eigenvalue weighted by Crippen LogP contribution is 2.40. The SMILES string of the molecule is Cc1c(Cc2ccc(I)cc2F)c2c(=O)n(C3CC3)c(C)c(-c3cccc(NC(=O)NC(C)(C)C)c3)c2oc1=O. The van der Waals surface area contributed by atoms with Gasteiger partial charge in [-0.2, -0.15) is 0 Å². The molecule has 0 bridgehead atoms. The molecule has 2 amide bonds. The third-order valence-electron chi connectivity index (χ3n) is 7.06. The molecule has 2 N–H and O–H groups in total. The number of hydrogen-bond donors (Lipinski definition) is 2. The van der Waals surface area contributed by atoms with Crippen molar-refractivity contribution < 1.29 is 13.6 Å². The highest BCUT2D eigenvalue weighted by atomic mass is 127. The summed E-state index contributed by atoms with van der Waals surface area (Å²) < 4.78 is 23.3. The Morgan fingerprint density at radius 2 is 1.85 bits per heavy atom. The van der Waals surface area contributed by atoms with Gasteiger partial charge in [-0.3, -0.25) is 4.79 Å². The first-order valence-corrected chi connectivity index (χ1v) is 14.3. The van der Waals surface area contributed by atoms with Crippen molar-refractivity contribution in [2.24, 2.45) is 0 Å². The van der Waals surface area contributed by atoms with Crippen molar-refractivity contribution >= 4 is 45.3 Å². The lowest BCUT2D eigenvalue weighted by Crippen LogP contribution is -2.43. The number of fused-ring (bicyclic) bond motifs is 1. The number of halogens is 2. The van der Waals surface area contributed by atoms with Gasteiger partial charge in [0.15, 0.2) is 5.58 Å². The van der Waals surface area contributed by atoms with Gasteiger partial charge in [0.05, 0.1) is 5.39 Å². The molecule has 208 valence electrons. The zero-order valence-electron chi connectivity index (χ0n) is 23.1. The summed E-state index contributed by atoms with van der Waals surface area (Å²) in [7, 11) is 0. The molecule has 0 saturated heterocycles. The zero-order chi connectivity index (χ0) is 28.9. The van der Waals surface area contributed by atoms with E-state index in [0.717, 1.165) is 16.4 Å². The van der Waals surface area contributed by atoms with E-state index < -0.39 is 17.0 Å². The summed E-state index contributed by atoms with van der Waals surface area (Å²) in [5.74, 6) is -0.394. The van der Waals surface area contributed by atoms with E-state index in [1.807, 2.05) is 56.4 Å². The van der Waals surface area contributed by atoms with Crippen molar-refractivity contribution in [2.45, 2.75) is 65.5 Å². The lowest BCUT2D eigenvalue weighted by Gasteiger charge is -2.21. The standard InChI is InChI=1S/C31H31FIN3O4/c1-16-23(14-18-9-10-20(33)15-24(18)32)26-27(40-29(16)38)25(17(2)36(28(26)37)22-11-12-22)19-7-6-8-21(13-19)34-30(39)35-31(3,4)5/h6-10,13,15,22H,11-12,14H2,1-5H3,(H2,34,35,39). The minimum absolute atomic E-state index is 0.0460. The normalized spacial score (nSPS) is 13.5. The second-order valence-electron chi connectivity index (χ2n) is 11.4. The molecule has 1 saturated carbocycles. The predicted molar refractivity (Wildman–Crippen MR) is 164 cm³/mol. The number of carbonyl (C=O) groups is 1. The van der Waals surface area contributed by atoms with E-state index in [2.05, 4.69) is 10.6 Å². The van der Waals surface area contributed by atoms with Gasteiger partial charge >= 0.3 is 11.7 Å². The highest BCUT2D eigenvalue weighted by Gasteiger charge is 2.31. The predicted octanol–water partition coefficient (Wildman–Crippen LogP) is 6.83. The molecule has 1 fully saturated rings. The molecule has 0 aliphatic heterocycles. The summed E-state index contributed by atoms with van der Waals surface area (Å²) in [5.41, 5.74) is 2.59. The van der Waals surface area contributed by atoms with Crippen LogP contribution < -0.4 is 21.8 Å². The Morgan fingerprint density at radius 1 is 1.12 bits per heavy atom. The van der Waals surface area contributed by atoms with Crippen LogP contribution in [0.4, 0.5) is 14.9 Å². The van der Waals surface area contributed by atoms with Gasteiger partial charge in [0, 0.05) is 44.1 Å². The fraction of sp³-hybridized carbons (Fsp3) is 0.323. The topological polar surface area (TPSA) is 93.3 Å². The monoisotopic (exact) mass is 655 g/mol. The number of hydrogen-bond acceptors (Lipinski definition) is 4. The molecule has 2 aromatic heterocycles. The highest BCUT2D eigenvalue weighted by molar-refractivity contribution is 14.1. The number of anilines is 1. The number of nitrogens with zero attached hydrogens (tertiary/aromatic N) is 1. The summed E-state index contributed by atoms with van der Waals surface area (Å²) in [4.78, 5) is 39.7. The molecule has 1 aliphatic rings. The summed E-state index contributed by atoms with van der Waals surface area (Å²) >= 11 is 2.04. The number of amides is 2. The molecular weight excluding hydrogens is 624 g/mol. The fourth-order valence-corrected chi connectivity index (χ4v) is 5.53. The van der Waals surface area contributed by atoms with Crippen molar-refractivity contribution in [3.8, 4) is 11.1 Å². The quantitative estimate of drug-likeness (QED) is 0.231. The van der Waals surface area contributed by atoms with Crippen LogP contribution in [-0.2, 0) is 6.42 Å². The summed E-state index contributed by atoms with van der Waals surface area (Å²) in [6.07, 6.45) is 1.82. The van der Waals surface area contributed by atoms with E-state index in [9.17, 15) is 18.8 Å². The van der Waals surface area contributed by atoms with Crippen molar-refractivity contribution in [3.63, 3.8) is 0 Å². The second kappa shape index (κ2) is 10.5. The molecule has 0 radical (unpaired) electrons. The number of urea groups is 1. The first-order chi connectivity index (χ1) is 18.8. The van der Waals surface area contributed by atoms with Gasteiger partial charge < -0.3 is 19.6 Å². The number of benzene rings is 2. The van der Waals surface area contributed by atoms with Crippen LogP contribution in [0.5, 0.6) is 0 Å². The molecule has 0 spiro atoms. The Hall–Kier alpha value is -3.47. The molecule has 0 atom stereocenters. The third-order valence-corrected chi connectivity index (χ3v) is 7.73. The van der Waals surface area contributed by atoms with E-state index in [1.165, 1.54) is 6.07 Å². The Morgan fingerprint density at radius 3 is 2.50 bits per heavy atom. The molecule has 2 aromatic carbocycles. The number of carbonyl (C=O) groups excluding carboxylic acids is 1. The lowest BCUT2D eigenvalue weighted by molar-refractivity contribution is 0.244. The van der Waals surface area contributed by atoms with Crippen molar-refractivity contribution in [2.75, 3.05) is 5.32 Å². The van der Waals surface area contributed by atoms with Crippen molar-refractivity contribution in [3.05, 3.63) is 95.0 Å². The number of pyridine rings is 1. The summed E-state index contributed by atoms with van der Waals surface area (Å²) in [6.45, 7) is 9.14. The maximum atomic E-state index is 14.9. The average Bonchev–Trinajstić information content (AvgIpc) is 3.67. The van der Waals surface area contributed by atoms with Crippen LogP contribution in [0, 0.1) is 23.2 Å². The maximum Gasteiger partial charge on any atom is 0.339 e. The fourth-order valence-electron chi connectivity index (χ4n) is 5.07. The molecule has 1 aliphatic carbocycles. The van der Waals surface area contributed by atoms with Gasteiger partial charge in [-0.15, -0.1) is 0 Å².